The number of pyridine rings is 1. The number of esters is 1. The van der Waals surface area contributed by atoms with E-state index in [1.165, 1.54) is 50.9 Å². The van der Waals surface area contributed by atoms with Gasteiger partial charge in [-0.15, -0.1) is 0 Å². The lowest BCUT2D eigenvalue weighted by molar-refractivity contribution is -0.141. The maximum atomic E-state index is 13.2. The van der Waals surface area contributed by atoms with Gasteiger partial charge in [0.2, 0.25) is 11.8 Å². The van der Waals surface area contributed by atoms with E-state index in [1.807, 2.05) is 6.07 Å². The first-order valence-electron chi connectivity index (χ1n) is 10.2. The highest BCUT2D eigenvalue weighted by Crippen LogP contribution is 2.32. The SMILES string of the molecule is COC(=O)c1cc(-c2cnc(Nc3cc(Cl)cc(C#N)c3)nc2-n2ccc(C(F)(F)F)n2)cnc1OC. The lowest BCUT2D eigenvalue weighted by atomic mass is 10.1. The van der Waals surface area contributed by atoms with Crippen molar-refractivity contribution in [3.63, 3.8) is 0 Å². The maximum absolute atomic E-state index is 13.2. The molecule has 0 aliphatic carbocycles. The van der Waals surface area contributed by atoms with Crippen LogP contribution in [0.2, 0.25) is 5.02 Å². The Morgan fingerprint density at radius 2 is 1.95 bits per heavy atom. The van der Waals surface area contributed by atoms with Gasteiger partial charge in [0, 0.05) is 40.4 Å². The molecule has 0 spiro atoms. The Kier molecular flexibility index (Phi) is 6.94. The summed E-state index contributed by atoms with van der Waals surface area (Å²) in [5.74, 6) is -0.828. The van der Waals surface area contributed by atoms with Crippen molar-refractivity contribution in [3.05, 3.63) is 70.8 Å². The number of nitrogens with one attached hydrogen (secondary N) is 1. The monoisotopic (exact) mass is 529 g/mol. The number of hydrogen-bond acceptors (Lipinski definition) is 9. The van der Waals surface area contributed by atoms with Crippen molar-refractivity contribution < 1.29 is 27.4 Å². The fourth-order valence-corrected chi connectivity index (χ4v) is 3.51. The molecule has 4 rings (SSSR count). The molecule has 14 heteroatoms. The molecule has 1 N–H and O–H groups in total. The smallest absolute Gasteiger partial charge is 0.435 e. The third kappa shape index (κ3) is 5.44. The molecule has 0 radical (unpaired) electrons. The van der Waals surface area contributed by atoms with Crippen LogP contribution in [0.1, 0.15) is 21.6 Å². The lowest BCUT2D eigenvalue weighted by Gasteiger charge is -2.13. The van der Waals surface area contributed by atoms with Gasteiger partial charge in [-0.25, -0.2) is 19.4 Å². The Labute approximate surface area is 212 Å². The molecule has 4 aromatic rings. The summed E-state index contributed by atoms with van der Waals surface area (Å²) in [5, 5.41) is 15.9. The van der Waals surface area contributed by atoms with E-state index in [9.17, 15) is 23.2 Å². The molecule has 10 nitrogen and oxygen atoms in total. The summed E-state index contributed by atoms with van der Waals surface area (Å²) in [5.41, 5.74) is -0.0299. The van der Waals surface area contributed by atoms with E-state index in [-0.39, 0.29) is 44.9 Å². The average molecular weight is 530 g/mol. The molecule has 37 heavy (non-hydrogen) atoms. The number of carbonyl (C=O) groups is 1. The summed E-state index contributed by atoms with van der Waals surface area (Å²) in [6, 6.07) is 8.62. The highest BCUT2D eigenvalue weighted by atomic mass is 35.5. The van der Waals surface area contributed by atoms with Crippen molar-refractivity contribution in [3.8, 4) is 28.9 Å². The minimum atomic E-state index is -4.69. The molecule has 3 aromatic heterocycles. The fraction of sp³-hybridized carbons (Fsp3) is 0.130. The van der Waals surface area contributed by atoms with Crippen molar-refractivity contribution in [2.45, 2.75) is 6.18 Å². The summed E-state index contributed by atoms with van der Waals surface area (Å²) in [4.78, 5) is 24.9. The highest BCUT2D eigenvalue weighted by molar-refractivity contribution is 6.31. The molecule has 3 heterocycles. The van der Waals surface area contributed by atoms with Gasteiger partial charge in [0.25, 0.3) is 0 Å². The van der Waals surface area contributed by atoms with E-state index in [0.717, 1.165) is 16.9 Å². The number of nitrogens with zero attached hydrogens (tertiary/aromatic N) is 6. The molecule has 0 fully saturated rings. The number of carbonyl (C=O) groups excluding carboxylic acids is 1. The summed E-state index contributed by atoms with van der Waals surface area (Å²) >= 11 is 6.04. The van der Waals surface area contributed by atoms with Crippen LogP contribution in [0, 0.1) is 11.3 Å². The second kappa shape index (κ2) is 10.1. The third-order valence-corrected chi connectivity index (χ3v) is 5.13. The van der Waals surface area contributed by atoms with Gasteiger partial charge < -0.3 is 14.8 Å². The van der Waals surface area contributed by atoms with E-state index < -0.39 is 17.8 Å². The van der Waals surface area contributed by atoms with Crippen LogP contribution >= 0.6 is 11.6 Å². The Balaban J connectivity index is 1.86. The zero-order chi connectivity index (χ0) is 26.7. The molecule has 0 saturated carbocycles. The van der Waals surface area contributed by atoms with E-state index in [0.29, 0.717) is 5.69 Å². The van der Waals surface area contributed by atoms with Gasteiger partial charge in [-0.3, -0.25) is 0 Å². The second-order valence-corrected chi connectivity index (χ2v) is 7.75. The number of alkyl halides is 3. The minimum absolute atomic E-state index is 0.0101. The largest absolute Gasteiger partial charge is 0.480 e. The summed E-state index contributed by atoms with van der Waals surface area (Å²) in [6.07, 6.45) is -0.942. The van der Waals surface area contributed by atoms with Gasteiger partial charge in [0.1, 0.15) is 5.56 Å². The number of anilines is 2. The lowest BCUT2D eigenvalue weighted by Crippen LogP contribution is -2.10. The second-order valence-electron chi connectivity index (χ2n) is 7.31. The Morgan fingerprint density at radius 1 is 1.16 bits per heavy atom. The van der Waals surface area contributed by atoms with Crippen LogP contribution in [-0.2, 0) is 10.9 Å². The molecule has 0 unspecified atom stereocenters. The first-order valence-corrected chi connectivity index (χ1v) is 10.6. The van der Waals surface area contributed by atoms with Gasteiger partial charge in [-0.05, 0) is 30.3 Å². The van der Waals surface area contributed by atoms with Crippen molar-refractivity contribution in [2.75, 3.05) is 19.5 Å². The minimum Gasteiger partial charge on any atom is -0.480 e. The third-order valence-electron chi connectivity index (χ3n) is 4.91. The Bertz CT molecular complexity index is 1530. The van der Waals surface area contributed by atoms with E-state index in [2.05, 4.69) is 25.4 Å². The number of methoxy groups -OCH3 is 2. The zero-order valence-corrected chi connectivity index (χ0v) is 19.8. The normalized spacial score (nSPS) is 11.1. The van der Waals surface area contributed by atoms with Crippen LogP contribution in [0.5, 0.6) is 5.88 Å². The number of ether oxygens (including phenoxy) is 2. The summed E-state index contributed by atoms with van der Waals surface area (Å²) in [6.45, 7) is 0. The van der Waals surface area contributed by atoms with Crippen LogP contribution < -0.4 is 10.1 Å². The number of aromatic nitrogens is 5. The predicted octanol–water partition coefficient (Wildman–Crippen LogP) is 4.81. The molecule has 0 saturated heterocycles. The molecule has 0 aliphatic rings. The van der Waals surface area contributed by atoms with E-state index in [4.69, 9.17) is 21.1 Å². The molecular weight excluding hydrogens is 515 g/mol. The van der Waals surface area contributed by atoms with Gasteiger partial charge >= 0.3 is 12.1 Å². The molecule has 1 aromatic carbocycles. The predicted molar refractivity (Wildman–Crippen MR) is 125 cm³/mol. The van der Waals surface area contributed by atoms with E-state index in [1.54, 1.807) is 0 Å². The van der Waals surface area contributed by atoms with Crippen LogP contribution in [-0.4, -0.2) is 44.9 Å². The van der Waals surface area contributed by atoms with Crippen LogP contribution in [0.15, 0.2) is 48.9 Å². The number of rotatable bonds is 6. The first kappa shape index (κ1) is 25.4. The van der Waals surface area contributed by atoms with Crippen molar-refractivity contribution >= 4 is 29.2 Å². The van der Waals surface area contributed by atoms with Crippen LogP contribution in [0.3, 0.4) is 0 Å². The Hall–Kier alpha value is -4.70. The number of nitriles is 1. The maximum Gasteiger partial charge on any atom is 0.435 e. The highest BCUT2D eigenvalue weighted by Gasteiger charge is 2.34. The fourth-order valence-electron chi connectivity index (χ4n) is 3.28. The zero-order valence-electron chi connectivity index (χ0n) is 19.0. The quantitative estimate of drug-likeness (QED) is 0.350. The Morgan fingerprint density at radius 3 is 2.59 bits per heavy atom. The van der Waals surface area contributed by atoms with Gasteiger partial charge in [0.05, 0.1) is 25.9 Å². The van der Waals surface area contributed by atoms with E-state index >= 15 is 0 Å². The van der Waals surface area contributed by atoms with Crippen LogP contribution in [0.4, 0.5) is 24.8 Å². The van der Waals surface area contributed by atoms with Crippen molar-refractivity contribution in [1.82, 2.24) is 24.7 Å². The summed E-state index contributed by atoms with van der Waals surface area (Å²) in [7, 11) is 2.50. The first-order chi connectivity index (χ1) is 17.6. The van der Waals surface area contributed by atoms with Gasteiger partial charge in [0.15, 0.2) is 11.5 Å². The molecule has 188 valence electrons. The molecule has 0 aliphatic heterocycles. The standard InChI is InChI=1S/C23H15ClF3N7O3/c1-36-20-16(21(35)37-2)7-13(10-29-20)17-11-30-22(31-15-6-12(9-28)5-14(24)8-15)32-19(17)34-4-3-18(33-34)23(25,26)27/h3-8,10-11H,1-2H3,(H,30,31,32). The van der Waals surface area contributed by atoms with Crippen molar-refractivity contribution in [1.29, 1.82) is 5.26 Å². The topological polar surface area (TPSA) is 128 Å². The average Bonchev–Trinajstić information content (AvgIpc) is 3.38. The summed E-state index contributed by atoms with van der Waals surface area (Å²) < 4.78 is 50.5. The molecule has 0 amide bonds. The van der Waals surface area contributed by atoms with Gasteiger partial charge in [-0.2, -0.15) is 28.5 Å². The number of benzene rings is 1. The molecule has 0 bridgehead atoms. The van der Waals surface area contributed by atoms with Gasteiger partial charge in [-0.1, -0.05) is 11.6 Å². The number of halogens is 4. The number of hydrogen-bond donors (Lipinski definition) is 1. The van der Waals surface area contributed by atoms with Crippen molar-refractivity contribution in [2.24, 2.45) is 0 Å². The molecular formula is C23H15ClF3N7O3. The van der Waals surface area contributed by atoms with Crippen LogP contribution in [0.25, 0.3) is 16.9 Å². The molecule has 0 atom stereocenters.